The van der Waals surface area contributed by atoms with Crippen LogP contribution in [0, 0.1) is 0 Å². The zero-order chi connectivity index (χ0) is 15.0. The van der Waals surface area contributed by atoms with Gasteiger partial charge in [-0.3, -0.25) is 14.5 Å². The van der Waals surface area contributed by atoms with Gasteiger partial charge in [-0.1, -0.05) is 25.1 Å². The number of benzene rings is 1. The highest BCUT2D eigenvalue weighted by Crippen LogP contribution is 2.08. The molecule has 1 rings (SSSR count). The minimum atomic E-state index is -0.815. The van der Waals surface area contributed by atoms with Gasteiger partial charge in [0.1, 0.15) is 0 Å². The van der Waals surface area contributed by atoms with Crippen LogP contribution in [0.25, 0.3) is 0 Å². The normalized spacial score (nSPS) is 12.2. The number of carboxylic acid groups (broad SMARTS) is 1. The molecule has 0 radical (unpaired) electrons. The highest BCUT2D eigenvalue weighted by atomic mass is 16.4. The van der Waals surface area contributed by atoms with E-state index < -0.39 is 5.97 Å². The molecule has 1 unspecified atom stereocenters. The van der Waals surface area contributed by atoms with Crippen molar-refractivity contribution in [1.82, 2.24) is 4.90 Å². The number of hydrogen-bond donors (Lipinski definition) is 2. The van der Waals surface area contributed by atoms with Crippen LogP contribution in [0.3, 0.4) is 0 Å². The molecule has 20 heavy (non-hydrogen) atoms. The predicted octanol–water partition coefficient (Wildman–Crippen LogP) is 2.20. The Morgan fingerprint density at radius 3 is 2.50 bits per heavy atom. The standard InChI is InChI=1S/C15H22N2O3/c1-3-17(12(2)11-15(19)20)10-9-14(18)16-13-7-5-4-6-8-13/h4-8,12H,3,9-11H2,1-2H3,(H,16,18)(H,19,20). The quantitative estimate of drug-likeness (QED) is 0.765. The lowest BCUT2D eigenvalue weighted by atomic mass is 10.2. The molecule has 2 N–H and O–H groups in total. The summed E-state index contributed by atoms with van der Waals surface area (Å²) >= 11 is 0. The van der Waals surface area contributed by atoms with Gasteiger partial charge < -0.3 is 10.4 Å². The summed E-state index contributed by atoms with van der Waals surface area (Å²) in [7, 11) is 0. The SMILES string of the molecule is CCN(CCC(=O)Nc1ccccc1)C(C)CC(=O)O. The molecule has 1 amide bonds. The van der Waals surface area contributed by atoms with Gasteiger partial charge in [-0.05, 0) is 25.6 Å². The summed E-state index contributed by atoms with van der Waals surface area (Å²) in [5.74, 6) is -0.873. The number of rotatable bonds is 8. The highest BCUT2D eigenvalue weighted by Gasteiger charge is 2.16. The summed E-state index contributed by atoms with van der Waals surface area (Å²) in [6.07, 6.45) is 0.445. The molecule has 1 atom stereocenters. The van der Waals surface area contributed by atoms with E-state index in [1.54, 1.807) is 0 Å². The summed E-state index contributed by atoms with van der Waals surface area (Å²) in [5.41, 5.74) is 0.777. The lowest BCUT2D eigenvalue weighted by Gasteiger charge is -2.26. The van der Waals surface area contributed by atoms with E-state index in [9.17, 15) is 9.59 Å². The van der Waals surface area contributed by atoms with Crippen LogP contribution < -0.4 is 5.32 Å². The summed E-state index contributed by atoms with van der Waals surface area (Å²) in [4.78, 5) is 24.5. The highest BCUT2D eigenvalue weighted by molar-refractivity contribution is 5.90. The fourth-order valence-electron chi connectivity index (χ4n) is 2.06. The van der Waals surface area contributed by atoms with Crippen LogP contribution >= 0.6 is 0 Å². The number of carbonyl (C=O) groups excluding carboxylic acids is 1. The van der Waals surface area contributed by atoms with E-state index >= 15 is 0 Å². The van der Waals surface area contributed by atoms with Crippen LogP contribution in [0.15, 0.2) is 30.3 Å². The average molecular weight is 278 g/mol. The molecule has 0 saturated carbocycles. The van der Waals surface area contributed by atoms with Crippen LogP contribution in [-0.4, -0.2) is 41.0 Å². The molecule has 0 aliphatic carbocycles. The van der Waals surface area contributed by atoms with E-state index in [0.717, 1.165) is 12.2 Å². The Hall–Kier alpha value is -1.88. The fraction of sp³-hybridized carbons (Fsp3) is 0.467. The van der Waals surface area contributed by atoms with Gasteiger partial charge in [0.15, 0.2) is 0 Å². The molecule has 0 saturated heterocycles. The second-order valence-electron chi connectivity index (χ2n) is 4.74. The van der Waals surface area contributed by atoms with Gasteiger partial charge in [-0.2, -0.15) is 0 Å². The van der Waals surface area contributed by atoms with Crippen LogP contribution in [0.4, 0.5) is 5.69 Å². The van der Waals surface area contributed by atoms with Crippen molar-refractivity contribution in [3.8, 4) is 0 Å². The van der Waals surface area contributed by atoms with Crippen molar-refractivity contribution < 1.29 is 14.7 Å². The van der Waals surface area contributed by atoms with Crippen molar-refractivity contribution >= 4 is 17.6 Å². The number of anilines is 1. The fourth-order valence-corrected chi connectivity index (χ4v) is 2.06. The Morgan fingerprint density at radius 1 is 1.30 bits per heavy atom. The molecular formula is C15H22N2O3. The zero-order valence-corrected chi connectivity index (χ0v) is 12.0. The van der Waals surface area contributed by atoms with Crippen LogP contribution in [0.5, 0.6) is 0 Å². The summed E-state index contributed by atoms with van der Waals surface area (Å²) < 4.78 is 0. The third kappa shape index (κ3) is 5.84. The number of nitrogens with zero attached hydrogens (tertiary/aromatic N) is 1. The third-order valence-electron chi connectivity index (χ3n) is 3.18. The minimum Gasteiger partial charge on any atom is -0.481 e. The van der Waals surface area contributed by atoms with Gasteiger partial charge in [-0.15, -0.1) is 0 Å². The van der Waals surface area contributed by atoms with E-state index in [-0.39, 0.29) is 18.4 Å². The van der Waals surface area contributed by atoms with Gasteiger partial charge in [-0.25, -0.2) is 0 Å². The number of para-hydroxylation sites is 1. The zero-order valence-electron chi connectivity index (χ0n) is 12.0. The van der Waals surface area contributed by atoms with Gasteiger partial charge in [0.25, 0.3) is 0 Å². The van der Waals surface area contributed by atoms with E-state index in [1.165, 1.54) is 0 Å². The van der Waals surface area contributed by atoms with Crippen molar-refractivity contribution in [3.05, 3.63) is 30.3 Å². The van der Waals surface area contributed by atoms with Crippen molar-refractivity contribution in [1.29, 1.82) is 0 Å². The second-order valence-corrected chi connectivity index (χ2v) is 4.74. The largest absolute Gasteiger partial charge is 0.481 e. The maximum absolute atomic E-state index is 11.8. The van der Waals surface area contributed by atoms with E-state index in [1.807, 2.05) is 49.1 Å². The Morgan fingerprint density at radius 2 is 1.95 bits per heavy atom. The molecule has 1 aromatic rings. The minimum absolute atomic E-state index is 0.0582. The maximum atomic E-state index is 11.8. The molecule has 0 aliphatic rings. The van der Waals surface area contributed by atoms with Crippen molar-refractivity contribution in [2.75, 3.05) is 18.4 Å². The third-order valence-corrected chi connectivity index (χ3v) is 3.18. The number of amides is 1. The molecule has 0 heterocycles. The van der Waals surface area contributed by atoms with Crippen molar-refractivity contribution in [2.24, 2.45) is 0 Å². The lowest BCUT2D eigenvalue weighted by molar-refractivity contribution is -0.138. The topological polar surface area (TPSA) is 69.6 Å². The van der Waals surface area contributed by atoms with E-state index in [4.69, 9.17) is 5.11 Å². The number of nitrogens with one attached hydrogen (secondary N) is 1. The Kier molecular flexibility index (Phi) is 6.73. The van der Waals surface area contributed by atoms with Gasteiger partial charge >= 0.3 is 5.97 Å². The van der Waals surface area contributed by atoms with Gasteiger partial charge in [0.05, 0.1) is 6.42 Å². The first-order valence-electron chi connectivity index (χ1n) is 6.83. The van der Waals surface area contributed by atoms with Crippen LogP contribution in [0.1, 0.15) is 26.7 Å². The smallest absolute Gasteiger partial charge is 0.304 e. The molecule has 0 bridgehead atoms. The van der Waals surface area contributed by atoms with Crippen LogP contribution in [0.2, 0.25) is 0 Å². The Labute approximate surface area is 119 Å². The maximum Gasteiger partial charge on any atom is 0.304 e. The van der Waals surface area contributed by atoms with Gasteiger partial charge in [0.2, 0.25) is 5.91 Å². The first-order chi connectivity index (χ1) is 9.52. The number of carboxylic acids is 1. The van der Waals surface area contributed by atoms with Crippen LogP contribution in [-0.2, 0) is 9.59 Å². The summed E-state index contributed by atoms with van der Waals surface area (Å²) in [6.45, 7) is 5.12. The Bertz CT molecular complexity index is 434. The molecule has 110 valence electrons. The molecule has 5 heteroatoms. The predicted molar refractivity (Wildman–Crippen MR) is 78.7 cm³/mol. The molecular weight excluding hydrogens is 256 g/mol. The van der Waals surface area contributed by atoms with Gasteiger partial charge in [0, 0.05) is 24.7 Å². The molecule has 0 fully saturated rings. The monoisotopic (exact) mass is 278 g/mol. The molecule has 1 aromatic carbocycles. The first kappa shape index (κ1) is 16.2. The molecule has 0 aliphatic heterocycles. The lowest BCUT2D eigenvalue weighted by Crippen LogP contribution is -2.36. The Balaban J connectivity index is 2.40. The first-order valence-corrected chi connectivity index (χ1v) is 6.83. The van der Waals surface area contributed by atoms with E-state index in [2.05, 4.69) is 5.32 Å². The van der Waals surface area contributed by atoms with Crippen molar-refractivity contribution in [3.63, 3.8) is 0 Å². The molecule has 0 spiro atoms. The second kappa shape index (κ2) is 8.32. The number of carbonyl (C=O) groups is 2. The summed E-state index contributed by atoms with van der Waals surface area (Å²) in [6, 6.07) is 9.22. The van der Waals surface area contributed by atoms with E-state index in [0.29, 0.717) is 13.0 Å². The number of aliphatic carboxylic acids is 1. The molecule has 5 nitrogen and oxygen atoms in total. The summed E-state index contributed by atoms with van der Waals surface area (Å²) in [5, 5.41) is 11.6. The average Bonchev–Trinajstić information content (AvgIpc) is 2.39. The molecule has 0 aromatic heterocycles. The van der Waals surface area contributed by atoms with Crippen molar-refractivity contribution in [2.45, 2.75) is 32.7 Å². The number of hydrogen-bond acceptors (Lipinski definition) is 3.